The van der Waals surface area contributed by atoms with Gasteiger partial charge in [0, 0.05) is 10.8 Å². The van der Waals surface area contributed by atoms with Gasteiger partial charge >= 0.3 is 0 Å². The second-order valence-electron chi connectivity index (χ2n) is 5.69. The molecule has 2 aromatic heterocycles. The standard InChI is InChI=1S/C17H19N5OS/c1-11(2)14-9-24-16(22-14)8-18-15(23)7-19-17-12-5-3-4-6-13(12)20-10-21-17/h3-6,9-11H,7-8H2,1-2H3,(H,18,23)(H,19,20,21). The second-order valence-corrected chi connectivity index (χ2v) is 6.63. The summed E-state index contributed by atoms with van der Waals surface area (Å²) in [5, 5.41) is 9.79. The van der Waals surface area contributed by atoms with Crippen molar-refractivity contribution >= 4 is 34.0 Å². The van der Waals surface area contributed by atoms with E-state index in [1.807, 2.05) is 29.6 Å². The van der Waals surface area contributed by atoms with Crippen LogP contribution in [0.5, 0.6) is 0 Å². The number of fused-ring (bicyclic) bond motifs is 1. The average molecular weight is 341 g/mol. The van der Waals surface area contributed by atoms with Gasteiger partial charge in [0.15, 0.2) is 0 Å². The van der Waals surface area contributed by atoms with Gasteiger partial charge in [-0.1, -0.05) is 26.0 Å². The first kappa shape index (κ1) is 16.3. The Morgan fingerprint density at radius 2 is 2.08 bits per heavy atom. The summed E-state index contributed by atoms with van der Waals surface area (Å²) >= 11 is 1.57. The first-order valence-electron chi connectivity index (χ1n) is 7.78. The quantitative estimate of drug-likeness (QED) is 0.720. The molecule has 0 unspecified atom stereocenters. The summed E-state index contributed by atoms with van der Waals surface area (Å²) in [6.45, 7) is 4.81. The average Bonchev–Trinajstić information content (AvgIpc) is 3.07. The van der Waals surface area contributed by atoms with E-state index in [4.69, 9.17) is 0 Å². The number of amides is 1. The lowest BCUT2D eigenvalue weighted by molar-refractivity contribution is -0.119. The van der Waals surface area contributed by atoms with Crippen LogP contribution < -0.4 is 10.6 Å². The summed E-state index contributed by atoms with van der Waals surface area (Å²) in [7, 11) is 0. The molecule has 2 heterocycles. The fraction of sp³-hybridized carbons (Fsp3) is 0.294. The van der Waals surface area contributed by atoms with Crippen LogP contribution in [0.15, 0.2) is 36.0 Å². The maximum atomic E-state index is 12.0. The van der Waals surface area contributed by atoms with Crippen LogP contribution in [-0.2, 0) is 11.3 Å². The number of anilines is 1. The monoisotopic (exact) mass is 341 g/mol. The number of carbonyl (C=O) groups excluding carboxylic acids is 1. The normalized spacial score (nSPS) is 11.0. The molecule has 1 amide bonds. The van der Waals surface area contributed by atoms with Crippen LogP contribution in [0.25, 0.3) is 10.9 Å². The molecular formula is C17H19N5OS. The van der Waals surface area contributed by atoms with Crippen molar-refractivity contribution in [3.63, 3.8) is 0 Å². The Morgan fingerprint density at radius 1 is 1.25 bits per heavy atom. The molecule has 0 atom stereocenters. The third kappa shape index (κ3) is 3.86. The fourth-order valence-corrected chi connectivity index (χ4v) is 3.11. The van der Waals surface area contributed by atoms with E-state index in [0.717, 1.165) is 21.6 Å². The van der Waals surface area contributed by atoms with Gasteiger partial charge in [-0.05, 0) is 18.1 Å². The molecule has 0 fully saturated rings. The molecule has 0 bridgehead atoms. The molecule has 0 aliphatic rings. The van der Waals surface area contributed by atoms with Crippen molar-refractivity contribution in [2.24, 2.45) is 0 Å². The number of carbonyl (C=O) groups is 1. The Kier molecular flexibility index (Phi) is 5.00. The molecule has 1 aromatic carbocycles. The van der Waals surface area contributed by atoms with E-state index < -0.39 is 0 Å². The molecule has 0 saturated heterocycles. The fourth-order valence-electron chi connectivity index (χ4n) is 2.22. The summed E-state index contributed by atoms with van der Waals surface area (Å²) in [5.74, 6) is 0.962. The van der Waals surface area contributed by atoms with Gasteiger partial charge < -0.3 is 10.6 Å². The maximum absolute atomic E-state index is 12.0. The summed E-state index contributed by atoms with van der Waals surface area (Å²) in [6.07, 6.45) is 1.49. The Balaban J connectivity index is 1.55. The number of nitrogens with zero attached hydrogens (tertiary/aromatic N) is 3. The van der Waals surface area contributed by atoms with Gasteiger partial charge in [0.05, 0.1) is 24.3 Å². The van der Waals surface area contributed by atoms with Crippen molar-refractivity contribution in [3.05, 3.63) is 46.7 Å². The molecule has 6 nitrogen and oxygen atoms in total. The van der Waals surface area contributed by atoms with Crippen LogP contribution in [-0.4, -0.2) is 27.4 Å². The number of hydrogen-bond acceptors (Lipinski definition) is 6. The van der Waals surface area contributed by atoms with E-state index in [2.05, 4.69) is 39.4 Å². The third-order valence-electron chi connectivity index (χ3n) is 3.56. The molecule has 7 heteroatoms. The van der Waals surface area contributed by atoms with Crippen molar-refractivity contribution < 1.29 is 4.79 Å². The van der Waals surface area contributed by atoms with E-state index in [1.165, 1.54) is 6.33 Å². The van der Waals surface area contributed by atoms with E-state index in [0.29, 0.717) is 18.3 Å². The van der Waals surface area contributed by atoms with Crippen LogP contribution in [0.3, 0.4) is 0 Å². The molecule has 2 N–H and O–H groups in total. The topological polar surface area (TPSA) is 79.8 Å². The molecule has 0 saturated carbocycles. The number of thiazole rings is 1. The minimum Gasteiger partial charge on any atom is -0.360 e. The van der Waals surface area contributed by atoms with Gasteiger partial charge in [0.2, 0.25) is 5.91 Å². The van der Waals surface area contributed by atoms with Gasteiger partial charge in [-0.2, -0.15) is 0 Å². The third-order valence-corrected chi connectivity index (χ3v) is 4.42. The lowest BCUT2D eigenvalue weighted by Crippen LogP contribution is -2.29. The molecule has 0 aliphatic heterocycles. The highest BCUT2D eigenvalue weighted by atomic mass is 32.1. The van der Waals surface area contributed by atoms with E-state index in [-0.39, 0.29) is 12.5 Å². The first-order chi connectivity index (χ1) is 11.6. The number of rotatable bonds is 6. The highest BCUT2D eigenvalue weighted by Crippen LogP contribution is 2.18. The van der Waals surface area contributed by atoms with Gasteiger partial charge in [-0.3, -0.25) is 4.79 Å². The number of benzene rings is 1. The van der Waals surface area contributed by atoms with Gasteiger partial charge in [-0.25, -0.2) is 15.0 Å². The van der Waals surface area contributed by atoms with Crippen molar-refractivity contribution in [1.82, 2.24) is 20.3 Å². The Morgan fingerprint density at radius 3 is 2.88 bits per heavy atom. The molecule has 0 aliphatic carbocycles. The predicted molar refractivity (Wildman–Crippen MR) is 96.1 cm³/mol. The van der Waals surface area contributed by atoms with Crippen molar-refractivity contribution in [2.75, 3.05) is 11.9 Å². The molecule has 124 valence electrons. The zero-order valence-corrected chi connectivity index (χ0v) is 14.4. The number of nitrogens with one attached hydrogen (secondary N) is 2. The van der Waals surface area contributed by atoms with Crippen LogP contribution >= 0.6 is 11.3 Å². The minimum atomic E-state index is -0.0982. The summed E-state index contributed by atoms with van der Waals surface area (Å²) in [6, 6.07) is 7.69. The smallest absolute Gasteiger partial charge is 0.239 e. The van der Waals surface area contributed by atoms with Crippen LogP contribution in [0.2, 0.25) is 0 Å². The van der Waals surface area contributed by atoms with Gasteiger partial charge in [0.1, 0.15) is 17.2 Å². The summed E-state index contributed by atoms with van der Waals surface area (Å²) < 4.78 is 0. The van der Waals surface area contributed by atoms with Crippen molar-refractivity contribution in [3.8, 4) is 0 Å². The number of aromatic nitrogens is 3. The highest BCUT2D eigenvalue weighted by molar-refractivity contribution is 7.09. The first-order valence-corrected chi connectivity index (χ1v) is 8.66. The summed E-state index contributed by atoms with van der Waals surface area (Å²) in [4.78, 5) is 24.9. The van der Waals surface area contributed by atoms with Crippen LogP contribution in [0, 0.1) is 0 Å². The van der Waals surface area contributed by atoms with E-state index in [1.54, 1.807) is 11.3 Å². The highest BCUT2D eigenvalue weighted by Gasteiger charge is 2.08. The number of hydrogen-bond donors (Lipinski definition) is 2. The van der Waals surface area contributed by atoms with Crippen LogP contribution in [0.4, 0.5) is 5.82 Å². The van der Waals surface area contributed by atoms with Crippen LogP contribution in [0.1, 0.15) is 30.5 Å². The molecule has 24 heavy (non-hydrogen) atoms. The SMILES string of the molecule is CC(C)c1csc(CNC(=O)CNc2ncnc3ccccc23)n1. The number of para-hydroxylation sites is 1. The lowest BCUT2D eigenvalue weighted by atomic mass is 10.2. The minimum absolute atomic E-state index is 0.0982. The Bertz CT molecular complexity index is 840. The Hall–Kier alpha value is -2.54. The lowest BCUT2D eigenvalue weighted by Gasteiger charge is -2.08. The molecule has 3 rings (SSSR count). The van der Waals surface area contributed by atoms with Gasteiger partial charge in [0.25, 0.3) is 0 Å². The molecule has 0 spiro atoms. The molecule has 3 aromatic rings. The zero-order chi connectivity index (χ0) is 16.9. The van der Waals surface area contributed by atoms with Crippen molar-refractivity contribution in [1.29, 1.82) is 0 Å². The van der Waals surface area contributed by atoms with E-state index >= 15 is 0 Å². The zero-order valence-electron chi connectivity index (χ0n) is 13.6. The predicted octanol–water partition coefficient (Wildman–Crippen LogP) is 2.94. The second kappa shape index (κ2) is 7.35. The Labute approximate surface area is 144 Å². The summed E-state index contributed by atoms with van der Waals surface area (Å²) in [5.41, 5.74) is 1.91. The van der Waals surface area contributed by atoms with E-state index in [9.17, 15) is 4.79 Å². The van der Waals surface area contributed by atoms with Gasteiger partial charge in [-0.15, -0.1) is 11.3 Å². The van der Waals surface area contributed by atoms with Crippen molar-refractivity contribution in [2.45, 2.75) is 26.3 Å². The molecular weight excluding hydrogens is 322 g/mol. The largest absolute Gasteiger partial charge is 0.360 e. The maximum Gasteiger partial charge on any atom is 0.239 e. The molecule has 0 radical (unpaired) electrons.